The van der Waals surface area contributed by atoms with Crippen molar-refractivity contribution in [1.29, 1.82) is 0 Å². The fourth-order valence-corrected chi connectivity index (χ4v) is 4.40. The number of carbonyl (C=O) groups is 1. The summed E-state index contributed by atoms with van der Waals surface area (Å²) in [5.74, 6) is 1.03. The summed E-state index contributed by atoms with van der Waals surface area (Å²) < 4.78 is 0. The summed E-state index contributed by atoms with van der Waals surface area (Å²) in [6, 6.07) is 16.7. The van der Waals surface area contributed by atoms with Crippen LogP contribution in [0.2, 0.25) is 0 Å². The number of aryl methyl sites for hydroxylation is 1. The molecule has 0 fully saturated rings. The Labute approximate surface area is 157 Å². The van der Waals surface area contributed by atoms with Crippen molar-refractivity contribution in [3.8, 4) is 0 Å². The second-order valence-corrected chi connectivity index (χ2v) is 7.81. The lowest BCUT2D eigenvalue weighted by Gasteiger charge is -2.26. The van der Waals surface area contributed by atoms with Gasteiger partial charge in [0.25, 0.3) is 0 Å². The zero-order valence-corrected chi connectivity index (χ0v) is 15.5. The van der Waals surface area contributed by atoms with Gasteiger partial charge in [0.2, 0.25) is 5.91 Å². The van der Waals surface area contributed by atoms with E-state index in [1.54, 1.807) is 11.8 Å². The number of aromatic amines is 1. The lowest BCUT2D eigenvalue weighted by atomic mass is 9.87. The maximum atomic E-state index is 12.3. The van der Waals surface area contributed by atoms with Crippen LogP contribution in [0.15, 0.2) is 53.7 Å². The number of nitrogens with one attached hydrogen (secondary N) is 2. The summed E-state index contributed by atoms with van der Waals surface area (Å²) in [6.07, 6.45) is 4.71. The molecule has 3 aromatic rings. The Balaban J connectivity index is 1.24. The van der Waals surface area contributed by atoms with Crippen LogP contribution in [-0.4, -0.2) is 21.6 Å². The van der Waals surface area contributed by atoms with Crippen molar-refractivity contribution in [2.45, 2.75) is 43.3 Å². The van der Waals surface area contributed by atoms with Gasteiger partial charge in [-0.25, -0.2) is 4.98 Å². The number of amides is 1. The van der Waals surface area contributed by atoms with E-state index in [4.69, 9.17) is 0 Å². The number of aromatic nitrogens is 2. The zero-order valence-electron chi connectivity index (χ0n) is 14.7. The van der Waals surface area contributed by atoms with Crippen molar-refractivity contribution in [1.82, 2.24) is 15.3 Å². The predicted octanol–water partition coefficient (Wildman–Crippen LogP) is 4.63. The van der Waals surface area contributed by atoms with E-state index in [1.807, 2.05) is 24.3 Å². The van der Waals surface area contributed by atoms with E-state index in [-0.39, 0.29) is 11.9 Å². The first-order chi connectivity index (χ1) is 12.8. The van der Waals surface area contributed by atoms with E-state index in [2.05, 4.69) is 39.6 Å². The fraction of sp³-hybridized carbons (Fsp3) is 0.333. The van der Waals surface area contributed by atoms with Gasteiger partial charge in [-0.2, -0.15) is 0 Å². The van der Waals surface area contributed by atoms with E-state index in [1.165, 1.54) is 11.1 Å². The Morgan fingerprint density at radius 3 is 2.96 bits per heavy atom. The monoisotopic (exact) mass is 365 g/mol. The largest absolute Gasteiger partial charge is 0.349 e. The Morgan fingerprint density at radius 2 is 2.04 bits per heavy atom. The first kappa shape index (κ1) is 17.2. The Bertz CT molecular complexity index is 872. The van der Waals surface area contributed by atoms with Gasteiger partial charge < -0.3 is 10.3 Å². The number of benzene rings is 2. The van der Waals surface area contributed by atoms with Crippen LogP contribution >= 0.6 is 11.8 Å². The van der Waals surface area contributed by atoms with E-state index in [9.17, 15) is 4.79 Å². The first-order valence-electron chi connectivity index (χ1n) is 9.24. The highest BCUT2D eigenvalue weighted by molar-refractivity contribution is 7.99. The zero-order chi connectivity index (χ0) is 17.8. The van der Waals surface area contributed by atoms with Crippen LogP contribution in [0.4, 0.5) is 0 Å². The molecular formula is C21H23N3OS. The third kappa shape index (κ3) is 3.93. The van der Waals surface area contributed by atoms with E-state index < -0.39 is 0 Å². The predicted molar refractivity (Wildman–Crippen MR) is 106 cm³/mol. The number of carbonyl (C=O) groups excluding carboxylic acids is 1. The quantitative estimate of drug-likeness (QED) is 0.495. The molecule has 1 unspecified atom stereocenters. The van der Waals surface area contributed by atoms with Gasteiger partial charge in [0.05, 0.1) is 17.1 Å². The van der Waals surface area contributed by atoms with Gasteiger partial charge in [-0.15, -0.1) is 0 Å². The molecule has 1 amide bonds. The van der Waals surface area contributed by atoms with Crippen molar-refractivity contribution in [2.24, 2.45) is 0 Å². The molecule has 2 N–H and O–H groups in total. The molecule has 26 heavy (non-hydrogen) atoms. The van der Waals surface area contributed by atoms with Crippen LogP contribution in [0.25, 0.3) is 11.0 Å². The molecule has 1 aromatic heterocycles. The Kier molecular flexibility index (Phi) is 5.25. The molecule has 1 atom stereocenters. The molecule has 0 aliphatic heterocycles. The molecule has 0 saturated carbocycles. The number of para-hydroxylation sites is 2. The van der Waals surface area contributed by atoms with Crippen LogP contribution in [0, 0.1) is 0 Å². The topological polar surface area (TPSA) is 57.8 Å². The third-order valence-corrected chi connectivity index (χ3v) is 5.82. The number of fused-ring (bicyclic) bond motifs is 2. The molecule has 4 rings (SSSR count). The lowest BCUT2D eigenvalue weighted by molar-refractivity contribution is -0.121. The van der Waals surface area contributed by atoms with Crippen LogP contribution in [0.3, 0.4) is 0 Å². The van der Waals surface area contributed by atoms with E-state index in [0.717, 1.165) is 47.6 Å². The highest BCUT2D eigenvalue weighted by Gasteiger charge is 2.21. The smallest absolute Gasteiger partial charge is 0.220 e. The molecule has 0 bridgehead atoms. The molecule has 0 spiro atoms. The van der Waals surface area contributed by atoms with Gasteiger partial charge in [-0.1, -0.05) is 48.2 Å². The molecular weight excluding hydrogens is 342 g/mol. The Hall–Kier alpha value is -2.27. The fourth-order valence-electron chi connectivity index (χ4n) is 3.57. The SMILES string of the molecule is O=C(CCCSc1nc2ccccc2[nH]1)NC1CCCc2ccccc21. The molecule has 1 aliphatic carbocycles. The standard InChI is InChI=1S/C21H23N3OS/c25-20(22-17-12-5-8-15-7-1-2-9-16(15)17)13-6-14-26-21-23-18-10-3-4-11-19(18)24-21/h1-4,7,9-11,17H,5-6,8,12-14H2,(H,22,25)(H,23,24). The van der Waals surface area contributed by atoms with Gasteiger partial charge in [0.1, 0.15) is 0 Å². The summed E-state index contributed by atoms with van der Waals surface area (Å²) in [5, 5.41) is 4.15. The summed E-state index contributed by atoms with van der Waals surface area (Å²) in [4.78, 5) is 20.2. The average molecular weight is 366 g/mol. The second-order valence-electron chi connectivity index (χ2n) is 6.72. The number of nitrogens with zero attached hydrogens (tertiary/aromatic N) is 1. The number of rotatable bonds is 6. The molecule has 1 aliphatic rings. The van der Waals surface area contributed by atoms with Crippen molar-refractivity contribution in [3.63, 3.8) is 0 Å². The molecule has 1 heterocycles. The number of H-pyrrole nitrogens is 1. The number of thioether (sulfide) groups is 1. The van der Waals surface area contributed by atoms with Crippen LogP contribution in [0.1, 0.15) is 42.9 Å². The maximum Gasteiger partial charge on any atom is 0.220 e. The maximum absolute atomic E-state index is 12.3. The molecule has 5 heteroatoms. The summed E-state index contributed by atoms with van der Waals surface area (Å²) >= 11 is 1.68. The molecule has 0 saturated heterocycles. The minimum absolute atomic E-state index is 0.150. The molecule has 2 aromatic carbocycles. The van der Waals surface area contributed by atoms with E-state index in [0.29, 0.717) is 6.42 Å². The Morgan fingerprint density at radius 1 is 1.19 bits per heavy atom. The van der Waals surface area contributed by atoms with Gasteiger partial charge in [0, 0.05) is 12.2 Å². The summed E-state index contributed by atoms with van der Waals surface area (Å²) in [6.45, 7) is 0. The highest BCUT2D eigenvalue weighted by Crippen LogP contribution is 2.29. The van der Waals surface area contributed by atoms with Gasteiger partial charge in [0.15, 0.2) is 5.16 Å². The van der Waals surface area contributed by atoms with Crippen LogP contribution < -0.4 is 5.32 Å². The normalized spacial score (nSPS) is 16.4. The lowest BCUT2D eigenvalue weighted by Crippen LogP contribution is -2.30. The molecule has 4 nitrogen and oxygen atoms in total. The minimum Gasteiger partial charge on any atom is -0.349 e. The van der Waals surface area contributed by atoms with Crippen molar-refractivity contribution < 1.29 is 4.79 Å². The summed E-state index contributed by atoms with van der Waals surface area (Å²) in [7, 11) is 0. The minimum atomic E-state index is 0.150. The van der Waals surface area contributed by atoms with Crippen LogP contribution in [-0.2, 0) is 11.2 Å². The van der Waals surface area contributed by atoms with Crippen molar-refractivity contribution in [3.05, 3.63) is 59.7 Å². The number of imidazole rings is 1. The third-order valence-electron chi connectivity index (χ3n) is 4.86. The van der Waals surface area contributed by atoms with Crippen molar-refractivity contribution in [2.75, 3.05) is 5.75 Å². The molecule has 0 radical (unpaired) electrons. The first-order valence-corrected chi connectivity index (χ1v) is 10.2. The van der Waals surface area contributed by atoms with Gasteiger partial charge >= 0.3 is 0 Å². The van der Waals surface area contributed by atoms with Gasteiger partial charge in [-0.3, -0.25) is 4.79 Å². The number of hydrogen-bond donors (Lipinski definition) is 2. The van der Waals surface area contributed by atoms with Crippen molar-refractivity contribution >= 4 is 28.7 Å². The van der Waals surface area contributed by atoms with Crippen LogP contribution in [0.5, 0.6) is 0 Å². The molecule has 134 valence electrons. The number of hydrogen-bond acceptors (Lipinski definition) is 3. The highest BCUT2D eigenvalue weighted by atomic mass is 32.2. The van der Waals surface area contributed by atoms with Gasteiger partial charge in [-0.05, 0) is 48.9 Å². The average Bonchev–Trinajstić information content (AvgIpc) is 3.08. The van der Waals surface area contributed by atoms with E-state index >= 15 is 0 Å². The summed E-state index contributed by atoms with van der Waals surface area (Å²) in [5.41, 5.74) is 4.72. The second kappa shape index (κ2) is 7.96.